The molecule has 3 aromatic rings. The van der Waals surface area contributed by atoms with E-state index in [0.717, 1.165) is 0 Å². The number of para-hydroxylation sites is 1. The molecule has 2 heterocycles. The van der Waals surface area contributed by atoms with Crippen LogP contribution in [0.3, 0.4) is 0 Å². The standard InChI is InChI=1S/C23H17ClN2O4S/c1-30-19-13-15(7-9-18(19)27)8-12-22(28)26(16-5-3-2-4-6-16)17(14-25-23(26)29)20-10-11-21(24)31-20/h2-14H,1H3,(H-,25,27,28,29)/p+1. The van der Waals surface area contributed by atoms with Crippen LogP contribution in [0.5, 0.6) is 11.5 Å². The number of carbonyl (C=O) groups excluding carboxylic acids is 2. The van der Waals surface area contributed by atoms with Gasteiger partial charge in [-0.1, -0.05) is 35.9 Å². The summed E-state index contributed by atoms with van der Waals surface area (Å²) in [4.78, 5) is 27.5. The van der Waals surface area contributed by atoms with Gasteiger partial charge in [-0.3, -0.25) is 5.32 Å². The molecule has 0 saturated heterocycles. The first-order valence-electron chi connectivity index (χ1n) is 9.28. The molecule has 31 heavy (non-hydrogen) atoms. The van der Waals surface area contributed by atoms with Crippen molar-refractivity contribution in [2.75, 3.05) is 7.11 Å². The Morgan fingerprint density at radius 1 is 1.16 bits per heavy atom. The fourth-order valence-corrected chi connectivity index (χ4v) is 4.55. The number of benzene rings is 2. The van der Waals surface area contributed by atoms with Crippen LogP contribution in [-0.4, -0.2) is 24.2 Å². The first-order valence-corrected chi connectivity index (χ1v) is 10.5. The molecule has 1 aliphatic heterocycles. The molecule has 156 valence electrons. The van der Waals surface area contributed by atoms with Crippen molar-refractivity contribution in [1.29, 1.82) is 0 Å². The topological polar surface area (TPSA) is 75.6 Å². The van der Waals surface area contributed by atoms with Crippen LogP contribution in [0.2, 0.25) is 4.34 Å². The molecule has 1 atom stereocenters. The van der Waals surface area contributed by atoms with Crippen LogP contribution in [0.15, 0.2) is 72.9 Å². The molecule has 6 nitrogen and oxygen atoms in total. The minimum atomic E-state index is -0.649. The Kier molecular flexibility index (Phi) is 5.65. The smallest absolute Gasteiger partial charge is 0.438 e. The van der Waals surface area contributed by atoms with Gasteiger partial charge >= 0.3 is 11.9 Å². The van der Waals surface area contributed by atoms with Crippen molar-refractivity contribution in [2.45, 2.75) is 0 Å². The molecule has 4 rings (SSSR count). The van der Waals surface area contributed by atoms with E-state index < -0.39 is 16.4 Å². The molecular weight excluding hydrogens is 436 g/mol. The van der Waals surface area contributed by atoms with Crippen LogP contribution in [0.25, 0.3) is 11.8 Å². The zero-order chi connectivity index (χ0) is 22.0. The van der Waals surface area contributed by atoms with Crippen molar-refractivity contribution in [3.63, 3.8) is 0 Å². The SMILES string of the molecule is COc1cc(C=CC(=O)[N+]2(c3ccccc3)C(=O)NC=C2c2ccc(Cl)s2)ccc1O. The number of nitrogens with one attached hydrogen (secondary N) is 1. The normalized spacial score (nSPS) is 18.1. The number of nitrogens with zero attached hydrogens (tertiary/aromatic N) is 1. The van der Waals surface area contributed by atoms with Gasteiger partial charge in [-0.25, -0.2) is 9.59 Å². The second kappa shape index (κ2) is 8.39. The highest BCUT2D eigenvalue weighted by Crippen LogP contribution is 2.41. The number of aromatic hydroxyl groups is 1. The Labute approximate surface area is 187 Å². The zero-order valence-electron chi connectivity index (χ0n) is 16.4. The lowest BCUT2D eigenvalue weighted by atomic mass is 10.1. The van der Waals surface area contributed by atoms with Gasteiger partial charge in [0.05, 0.1) is 22.5 Å². The Balaban J connectivity index is 1.81. The van der Waals surface area contributed by atoms with Crippen molar-refractivity contribution in [2.24, 2.45) is 0 Å². The zero-order valence-corrected chi connectivity index (χ0v) is 18.0. The lowest BCUT2D eigenvalue weighted by molar-refractivity contribution is -0.120. The summed E-state index contributed by atoms with van der Waals surface area (Å²) in [6.07, 6.45) is 4.48. The van der Waals surface area contributed by atoms with E-state index in [1.165, 1.54) is 30.6 Å². The Hall–Kier alpha value is -3.39. The number of phenolic OH excluding ortho intramolecular Hbond substituents is 1. The summed E-state index contributed by atoms with van der Waals surface area (Å²) in [5.74, 6) is -0.171. The van der Waals surface area contributed by atoms with Crippen molar-refractivity contribution < 1.29 is 19.4 Å². The summed E-state index contributed by atoms with van der Waals surface area (Å²) in [5.41, 5.74) is 1.63. The van der Waals surface area contributed by atoms with Crippen molar-refractivity contribution >= 4 is 52.3 Å². The van der Waals surface area contributed by atoms with Crippen LogP contribution >= 0.6 is 22.9 Å². The third-order valence-electron chi connectivity index (χ3n) is 4.92. The lowest BCUT2D eigenvalue weighted by Crippen LogP contribution is -2.55. The van der Waals surface area contributed by atoms with E-state index in [9.17, 15) is 14.7 Å². The Bertz CT molecular complexity index is 1220. The molecule has 8 heteroatoms. The Morgan fingerprint density at radius 3 is 2.61 bits per heavy atom. The number of urea groups is 1. The number of methoxy groups -OCH3 is 1. The average Bonchev–Trinajstić information content (AvgIpc) is 3.36. The quantitative estimate of drug-likeness (QED) is 0.401. The molecular formula is C23H18ClN2O4S+. The summed E-state index contributed by atoms with van der Waals surface area (Å²) in [5, 5.41) is 12.5. The van der Waals surface area contributed by atoms with Crippen LogP contribution < -0.4 is 14.5 Å². The number of ether oxygens (including phenoxy) is 1. The van der Waals surface area contributed by atoms with E-state index in [1.54, 1.807) is 60.8 Å². The second-order valence-electron chi connectivity index (χ2n) is 6.69. The maximum absolute atomic E-state index is 13.6. The van der Waals surface area contributed by atoms with Crippen molar-refractivity contribution in [3.05, 3.63) is 87.7 Å². The van der Waals surface area contributed by atoms with Crippen molar-refractivity contribution in [1.82, 2.24) is 9.80 Å². The molecule has 1 aliphatic rings. The van der Waals surface area contributed by atoms with Gasteiger partial charge in [0.2, 0.25) is 0 Å². The molecule has 0 radical (unpaired) electrons. The fraction of sp³-hybridized carbons (Fsp3) is 0.0435. The van der Waals surface area contributed by atoms with Gasteiger partial charge in [0.1, 0.15) is 0 Å². The second-order valence-corrected chi connectivity index (χ2v) is 8.41. The number of rotatable bonds is 5. The van der Waals surface area contributed by atoms with Gasteiger partial charge < -0.3 is 9.84 Å². The predicted octanol–water partition coefficient (Wildman–Crippen LogP) is 5.38. The molecule has 0 aliphatic carbocycles. The number of halogens is 1. The molecule has 1 aromatic heterocycles. The van der Waals surface area contributed by atoms with Gasteiger partial charge in [0.15, 0.2) is 22.9 Å². The number of amides is 3. The molecule has 0 fully saturated rings. The number of phenols is 1. The van der Waals surface area contributed by atoms with Crippen molar-refractivity contribution in [3.8, 4) is 11.5 Å². The van der Waals surface area contributed by atoms with Gasteiger partial charge in [-0.15, -0.1) is 15.8 Å². The molecule has 3 amide bonds. The number of hydrogen-bond acceptors (Lipinski definition) is 5. The number of carbonyl (C=O) groups is 2. The lowest BCUT2D eigenvalue weighted by Gasteiger charge is -2.27. The van der Waals surface area contributed by atoms with E-state index in [-0.39, 0.29) is 11.5 Å². The Morgan fingerprint density at radius 2 is 1.94 bits per heavy atom. The van der Waals surface area contributed by atoms with E-state index in [2.05, 4.69) is 5.32 Å². The third-order valence-corrected chi connectivity index (χ3v) is 6.17. The fourth-order valence-electron chi connectivity index (χ4n) is 3.45. The average molecular weight is 454 g/mol. The van der Waals surface area contributed by atoms with E-state index in [4.69, 9.17) is 16.3 Å². The minimum absolute atomic E-state index is 0.00234. The van der Waals surface area contributed by atoms with Crippen LogP contribution in [0, 0.1) is 0 Å². The number of imide groups is 1. The van der Waals surface area contributed by atoms with E-state index in [1.807, 2.05) is 6.07 Å². The number of thiophene rings is 1. The van der Waals surface area contributed by atoms with Crippen LogP contribution in [0.4, 0.5) is 10.5 Å². The summed E-state index contributed by atoms with van der Waals surface area (Å²) in [6.45, 7) is 0. The molecule has 0 saturated carbocycles. The highest BCUT2D eigenvalue weighted by atomic mass is 35.5. The first kappa shape index (κ1) is 20.9. The van der Waals surface area contributed by atoms with E-state index >= 15 is 0 Å². The summed E-state index contributed by atoms with van der Waals surface area (Å²) in [7, 11) is 1.45. The highest BCUT2D eigenvalue weighted by Gasteiger charge is 2.54. The molecule has 1 unspecified atom stereocenters. The molecule has 2 N–H and O–H groups in total. The first-order chi connectivity index (χ1) is 15.0. The monoisotopic (exact) mass is 453 g/mol. The summed E-state index contributed by atoms with van der Waals surface area (Å²) < 4.78 is 5.03. The number of quaternary nitrogens is 1. The molecule has 2 aromatic carbocycles. The van der Waals surface area contributed by atoms with E-state index in [0.29, 0.717) is 26.2 Å². The third kappa shape index (κ3) is 3.63. The summed E-state index contributed by atoms with van der Waals surface area (Å²) >= 11 is 7.42. The highest BCUT2D eigenvalue weighted by molar-refractivity contribution is 7.17. The van der Waals surface area contributed by atoms with Crippen LogP contribution in [0.1, 0.15) is 10.4 Å². The minimum Gasteiger partial charge on any atom is -0.504 e. The molecule has 0 spiro atoms. The summed E-state index contributed by atoms with van der Waals surface area (Å²) in [6, 6.07) is 16.6. The maximum Gasteiger partial charge on any atom is 0.438 e. The van der Waals surface area contributed by atoms with Gasteiger partial charge in [-0.2, -0.15) is 0 Å². The predicted molar refractivity (Wildman–Crippen MR) is 123 cm³/mol. The van der Waals surface area contributed by atoms with Crippen LogP contribution in [-0.2, 0) is 4.79 Å². The molecule has 0 bridgehead atoms. The number of hydrogen-bond donors (Lipinski definition) is 2. The van der Waals surface area contributed by atoms with Gasteiger partial charge in [-0.05, 0) is 35.9 Å². The largest absolute Gasteiger partial charge is 0.504 e. The van der Waals surface area contributed by atoms with Gasteiger partial charge in [0.25, 0.3) is 0 Å². The van der Waals surface area contributed by atoms with Gasteiger partial charge in [0, 0.05) is 18.2 Å². The maximum atomic E-state index is 13.6.